The van der Waals surface area contributed by atoms with Gasteiger partial charge in [-0.1, -0.05) is 24.3 Å². The number of benzene rings is 2. The van der Waals surface area contributed by atoms with E-state index in [0.29, 0.717) is 30.2 Å². The van der Waals surface area contributed by atoms with Crippen molar-refractivity contribution in [2.45, 2.75) is 12.5 Å². The minimum absolute atomic E-state index is 0.105. The number of nitrogens with zero attached hydrogens (tertiary/aromatic N) is 1. The summed E-state index contributed by atoms with van der Waals surface area (Å²) in [7, 11) is 4.92. The third-order valence-electron chi connectivity index (χ3n) is 4.52. The van der Waals surface area contributed by atoms with Crippen LogP contribution in [0.3, 0.4) is 0 Å². The van der Waals surface area contributed by atoms with Gasteiger partial charge in [-0.05, 0) is 29.7 Å². The molecule has 0 saturated carbocycles. The average molecular weight is 341 g/mol. The van der Waals surface area contributed by atoms with E-state index < -0.39 is 0 Å². The third kappa shape index (κ3) is 3.61. The lowest BCUT2D eigenvalue weighted by Gasteiger charge is -2.30. The molecular weight excluding hydrogens is 318 g/mol. The van der Waals surface area contributed by atoms with E-state index in [1.165, 1.54) is 5.56 Å². The lowest BCUT2D eigenvalue weighted by molar-refractivity contribution is 0.0199. The summed E-state index contributed by atoms with van der Waals surface area (Å²) in [6.45, 7) is 1.17. The van der Waals surface area contributed by atoms with Crippen LogP contribution in [0.5, 0.6) is 11.5 Å². The zero-order valence-electron chi connectivity index (χ0n) is 14.8. The van der Waals surface area contributed by atoms with E-state index >= 15 is 0 Å². The lowest BCUT2D eigenvalue weighted by Crippen LogP contribution is -2.34. The second-order valence-electron chi connectivity index (χ2n) is 6.06. The summed E-state index contributed by atoms with van der Waals surface area (Å²) in [5, 5.41) is 0. The van der Waals surface area contributed by atoms with E-state index in [2.05, 4.69) is 12.1 Å². The molecule has 2 aromatic carbocycles. The van der Waals surface area contributed by atoms with Gasteiger partial charge in [0.25, 0.3) is 5.91 Å². The topological polar surface area (TPSA) is 48.0 Å². The van der Waals surface area contributed by atoms with E-state index in [9.17, 15) is 4.79 Å². The van der Waals surface area contributed by atoms with Gasteiger partial charge < -0.3 is 19.1 Å². The van der Waals surface area contributed by atoms with Crippen LogP contribution in [-0.4, -0.2) is 45.2 Å². The lowest BCUT2D eigenvalue weighted by atomic mass is 9.97. The minimum Gasteiger partial charge on any atom is -0.497 e. The maximum atomic E-state index is 12.9. The van der Waals surface area contributed by atoms with Gasteiger partial charge in [0.2, 0.25) is 0 Å². The summed E-state index contributed by atoms with van der Waals surface area (Å²) >= 11 is 0. The second-order valence-corrected chi connectivity index (χ2v) is 6.06. The molecule has 1 heterocycles. The van der Waals surface area contributed by atoms with Gasteiger partial charge in [0, 0.05) is 13.1 Å². The van der Waals surface area contributed by atoms with Crippen molar-refractivity contribution < 1.29 is 19.0 Å². The second kappa shape index (κ2) is 7.57. The third-order valence-corrected chi connectivity index (χ3v) is 4.52. The van der Waals surface area contributed by atoms with Crippen LogP contribution in [0.1, 0.15) is 27.6 Å². The van der Waals surface area contributed by atoms with Crippen molar-refractivity contribution in [2.75, 3.05) is 34.4 Å². The van der Waals surface area contributed by atoms with Gasteiger partial charge >= 0.3 is 0 Å². The molecule has 0 saturated heterocycles. The molecule has 5 nitrogen and oxygen atoms in total. The van der Waals surface area contributed by atoms with Gasteiger partial charge in [-0.15, -0.1) is 0 Å². The Bertz CT molecular complexity index is 759. The molecule has 0 unspecified atom stereocenters. The zero-order chi connectivity index (χ0) is 17.8. The molecule has 3 rings (SSSR count). The number of hydrogen-bond acceptors (Lipinski definition) is 4. The molecular formula is C20H23NO4. The molecule has 1 amide bonds. The van der Waals surface area contributed by atoms with E-state index in [1.807, 2.05) is 12.1 Å². The van der Waals surface area contributed by atoms with Crippen molar-refractivity contribution in [3.63, 3.8) is 0 Å². The summed E-state index contributed by atoms with van der Waals surface area (Å²) < 4.78 is 16.4. The van der Waals surface area contributed by atoms with E-state index in [0.717, 1.165) is 12.0 Å². The number of rotatable bonds is 5. The number of likely N-dealkylation sites (N-methyl/N-ethyl adjacent to an activating group) is 1. The van der Waals surface area contributed by atoms with Gasteiger partial charge in [-0.2, -0.15) is 0 Å². The van der Waals surface area contributed by atoms with Crippen molar-refractivity contribution in [2.24, 2.45) is 0 Å². The van der Waals surface area contributed by atoms with Gasteiger partial charge in [0.05, 0.1) is 32.9 Å². The molecule has 0 N–H and O–H groups in total. The first kappa shape index (κ1) is 17.3. The standard InChI is InChI=1S/C20H23NO4/c1-21(13-19-16-7-5-4-6-14(16)10-11-25-19)20(22)17-9-8-15(23-2)12-18(17)24-3/h4-9,12,19H,10-11,13H2,1-3H3/t19-/m0/s1. The van der Waals surface area contributed by atoms with Crippen molar-refractivity contribution >= 4 is 5.91 Å². The minimum atomic E-state index is -0.108. The van der Waals surface area contributed by atoms with E-state index in [-0.39, 0.29) is 12.0 Å². The van der Waals surface area contributed by atoms with Crippen LogP contribution < -0.4 is 9.47 Å². The fourth-order valence-corrected chi connectivity index (χ4v) is 3.14. The first-order valence-electron chi connectivity index (χ1n) is 8.31. The number of fused-ring (bicyclic) bond motifs is 1. The van der Waals surface area contributed by atoms with Crippen LogP contribution in [-0.2, 0) is 11.2 Å². The van der Waals surface area contributed by atoms with Crippen LogP contribution in [0, 0.1) is 0 Å². The van der Waals surface area contributed by atoms with Crippen molar-refractivity contribution in [3.8, 4) is 11.5 Å². The zero-order valence-corrected chi connectivity index (χ0v) is 14.8. The predicted molar refractivity (Wildman–Crippen MR) is 95.3 cm³/mol. The molecule has 0 aromatic heterocycles. The van der Waals surface area contributed by atoms with Crippen LogP contribution >= 0.6 is 0 Å². The van der Waals surface area contributed by atoms with Crippen molar-refractivity contribution in [1.82, 2.24) is 4.90 Å². The maximum absolute atomic E-state index is 12.9. The Morgan fingerprint density at radius 2 is 2.00 bits per heavy atom. The maximum Gasteiger partial charge on any atom is 0.257 e. The van der Waals surface area contributed by atoms with Crippen molar-refractivity contribution in [3.05, 3.63) is 59.2 Å². The number of carbonyl (C=O) groups is 1. The first-order chi connectivity index (χ1) is 12.1. The highest BCUT2D eigenvalue weighted by Gasteiger charge is 2.25. The SMILES string of the molecule is COc1ccc(C(=O)N(C)C[C@@H]2OCCc3ccccc32)c(OC)c1. The molecule has 132 valence electrons. The summed E-state index contributed by atoms with van der Waals surface area (Å²) in [5.74, 6) is 1.05. The highest BCUT2D eigenvalue weighted by molar-refractivity contribution is 5.97. The molecule has 0 radical (unpaired) electrons. The number of hydrogen-bond donors (Lipinski definition) is 0. The van der Waals surface area contributed by atoms with Crippen LogP contribution in [0.4, 0.5) is 0 Å². The van der Waals surface area contributed by atoms with Gasteiger partial charge in [-0.3, -0.25) is 4.79 Å². The largest absolute Gasteiger partial charge is 0.497 e. The molecule has 0 aliphatic carbocycles. The molecule has 5 heteroatoms. The van der Waals surface area contributed by atoms with E-state index in [1.54, 1.807) is 44.4 Å². The van der Waals surface area contributed by atoms with Crippen molar-refractivity contribution in [1.29, 1.82) is 0 Å². The Morgan fingerprint density at radius 1 is 1.20 bits per heavy atom. The normalized spacial score (nSPS) is 16.0. The summed E-state index contributed by atoms with van der Waals surface area (Å²) in [5.41, 5.74) is 2.96. The quantitative estimate of drug-likeness (QED) is 0.838. The number of amides is 1. The molecule has 1 aliphatic rings. The monoisotopic (exact) mass is 341 g/mol. The molecule has 0 bridgehead atoms. The highest BCUT2D eigenvalue weighted by Crippen LogP contribution is 2.29. The predicted octanol–water partition coefficient (Wildman–Crippen LogP) is 3.09. The number of methoxy groups -OCH3 is 2. The number of ether oxygens (including phenoxy) is 3. The molecule has 1 atom stereocenters. The smallest absolute Gasteiger partial charge is 0.257 e. The van der Waals surface area contributed by atoms with Gasteiger partial charge in [-0.25, -0.2) is 0 Å². The van der Waals surface area contributed by atoms with Gasteiger partial charge in [0.15, 0.2) is 0 Å². The average Bonchev–Trinajstić information content (AvgIpc) is 2.67. The van der Waals surface area contributed by atoms with Gasteiger partial charge in [0.1, 0.15) is 17.6 Å². The molecule has 25 heavy (non-hydrogen) atoms. The molecule has 1 aliphatic heterocycles. The van der Waals surface area contributed by atoms with Crippen LogP contribution in [0.15, 0.2) is 42.5 Å². The fraction of sp³-hybridized carbons (Fsp3) is 0.350. The summed E-state index contributed by atoms with van der Waals surface area (Å²) in [4.78, 5) is 14.5. The first-order valence-corrected chi connectivity index (χ1v) is 8.31. The molecule has 0 spiro atoms. The van der Waals surface area contributed by atoms with Crippen LogP contribution in [0.2, 0.25) is 0 Å². The molecule has 0 fully saturated rings. The Morgan fingerprint density at radius 3 is 2.76 bits per heavy atom. The van der Waals surface area contributed by atoms with Crippen LogP contribution in [0.25, 0.3) is 0 Å². The Kier molecular flexibility index (Phi) is 5.24. The Labute approximate surface area is 148 Å². The molecule has 2 aromatic rings. The van der Waals surface area contributed by atoms with E-state index in [4.69, 9.17) is 14.2 Å². The number of carbonyl (C=O) groups excluding carboxylic acids is 1. The summed E-state index contributed by atoms with van der Waals surface area (Å²) in [6.07, 6.45) is 0.805. The Balaban J connectivity index is 1.78. The highest BCUT2D eigenvalue weighted by atomic mass is 16.5. The fourth-order valence-electron chi connectivity index (χ4n) is 3.14. The Hall–Kier alpha value is -2.53. The summed E-state index contributed by atoms with van der Waals surface area (Å²) in [6, 6.07) is 13.5.